The number of carbonyl (C=O) groups is 2. The first-order chi connectivity index (χ1) is 13.2. The maximum atomic E-state index is 12.8. The average Bonchev–Trinajstić information content (AvgIpc) is 2.67. The van der Waals surface area contributed by atoms with E-state index in [2.05, 4.69) is 15.6 Å². The first-order valence-electron chi connectivity index (χ1n) is 8.67. The van der Waals surface area contributed by atoms with Gasteiger partial charge in [0.05, 0.1) is 11.3 Å². The molecule has 0 aliphatic carbocycles. The SMILES string of the molecule is CCC(C)NS(=O)(=O)c1ccc(C(=O)NNC(=O)Cc2ccc(F)cc2)cc1. The summed E-state index contributed by atoms with van der Waals surface area (Å²) in [7, 11) is -3.66. The smallest absolute Gasteiger partial charge is 0.269 e. The predicted octanol–water partition coefficient (Wildman–Crippen LogP) is 1.91. The van der Waals surface area contributed by atoms with Crippen molar-refractivity contribution in [1.82, 2.24) is 15.6 Å². The molecule has 0 radical (unpaired) electrons. The van der Waals surface area contributed by atoms with Gasteiger partial charge in [-0.05, 0) is 55.3 Å². The van der Waals surface area contributed by atoms with Crippen molar-refractivity contribution < 1.29 is 22.4 Å². The number of benzene rings is 2. The Balaban J connectivity index is 1.92. The van der Waals surface area contributed by atoms with Crippen LogP contribution in [0.4, 0.5) is 4.39 Å². The quantitative estimate of drug-likeness (QED) is 0.610. The van der Waals surface area contributed by atoms with Crippen molar-refractivity contribution in [2.45, 2.75) is 37.6 Å². The highest BCUT2D eigenvalue weighted by atomic mass is 32.2. The number of amides is 2. The second-order valence-corrected chi connectivity index (χ2v) is 7.97. The number of rotatable bonds is 7. The molecule has 2 rings (SSSR count). The summed E-state index contributed by atoms with van der Waals surface area (Å²) < 4.78 is 39.8. The van der Waals surface area contributed by atoms with Crippen LogP contribution in [0.1, 0.15) is 36.2 Å². The van der Waals surface area contributed by atoms with E-state index in [1.165, 1.54) is 48.5 Å². The topological polar surface area (TPSA) is 104 Å². The van der Waals surface area contributed by atoms with Crippen LogP contribution in [0.5, 0.6) is 0 Å². The third kappa shape index (κ3) is 6.14. The molecule has 0 saturated carbocycles. The first-order valence-corrected chi connectivity index (χ1v) is 10.2. The Morgan fingerprint density at radius 1 is 1.00 bits per heavy atom. The molecule has 150 valence electrons. The van der Waals surface area contributed by atoms with Crippen molar-refractivity contribution in [3.63, 3.8) is 0 Å². The lowest BCUT2D eigenvalue weighted by molar-refractivity contribution is -0.121. The third-order valence-corrected chi connectivity index (χ3v) is 5.59. The van der Waals surface area contributed by atoms with Crippen LogP contribution in [-0.4, -0.2) is 26.3 Å². The summed E-state index contributed by atoms with van der Waals surface area (Å²) >= 11 is 0. The standard InChI is InChI=1S/C19H22FN3O4S/c1-3-13(2)23-28(26,27)17-10-6-15(7-11-17)19(25)22-21-18(24)12-14-4-8-16(20)9-5-14/h4-11,13,23H,3,12H2,1-2H3,(H,21,24)(H,22,25). The molecular weight excluding hydrogens is 385 g/mol. The van der Waals surface area contributed by atoms with Gasteiger partial charge in [-0.25, -0.2) is 17.5 Å². The van der Waals surface area contributed by atoms with E-state index < -0.39 is 27.7 Å². The van der Waals surface area contributed by atoms with E-state index in [4.69, 9.17) is 0 Å². The molecule has 9 heteroatoms. The van der Waals surface area contributed by atoms with Gasteiger partial charge < -0.3 is 0 Å². The van der Waals surface area contributed by atoms with Gasteiger partial charge in [0, 0.05) is 11.6 Å². The number of carbonyl (C=O) groups excluding carboxylic acids is 2. The Hall–Kier alpha value is -2.78. The molecule has 28 heavy (non-hydrogen) atoms. The fourth-order valence-electron chi connectivity index (χ4n) is 2.23. The van der Waals surface area contributed by atoms with E-state index in [1.807, 2.05) is 6.92 Å². The fourth-order valence-corrected chi connectivity index (χ4v) is 3.56. The van der Waals surface area contributed by atoms with Gasteiger partial charge in [-0.2, -0.15) is 0 Å². The van der Waals surface area contributed by atoms with Crippen LogP contribution in [0.2, 0.25) is 0 Å². The molecule has 1 atom stereocenters. The first kappa shape index (κ1) is 21.5. The van der Waals surface area contributed by atoms with Gasteiger partial charge in [0.25, 0.3) is 5.91 Å². The molecule has 0 spiro atoms. The molecule has 0 aliphatic rings. The Morgan fingerprint density at radius 2 is 1.61 bits per heavy atom. The van der Waals surface area contributed by atoms with Crippen LogP contribution in [-0.2, 0) is 21.2 Å². The van der Waals surface area contributed by atoms with Crippen LogP contribution in [0.25, 0.3) is 0 Å². The number of hydrazine groups is 1. The monoisotopic (exact) mass is 407 g/mol. The highest BCUT2D eigenvalue weighted by Crippen LogP contribution is 2.11. The molecule has 3 N–H and O–H groups in total. The minimum atomic E-state index is -3.66. The highest BCUT2D eigenvalue weighted by Gasteiger charge is 2.17. The van der Waals surface area contributed by atoms with Crippen molar-refractivity contribution >= 4 is 21.8 Å². The molecule has 2 aromatic carbocycles. The zero-order valence-electron chi connectivity index (χ0n) is 15.5. The lowest BCUT2D eigenvalue weighted by atomic mass is 10.1. The van der Waals surface area contributed by atoms with E-state index >= 15 is 0 Å². The summed E-state index contributed by atoms with van der Waals surface area (Å²) in [5, 5.41) is 0. The largest absolute Gasteiger partial charge is 0.273 e. The Kier molecular flexibility index (Phi) is 7.24. The third-order valence-electron chi connectivity index (χ3n) is 3.99. The lowest BCUT2D eigenvalue weighted by Crippen LogP contribution is -2.42. The minimum Gasteiger partial charge on any atom is -0.273 e. The molecule has 0 saturated heterocycles. The van der Waals surface area contributed by atoms with E-state index in [-0.39, 0.29) is 22.9 Å². The summed E-state index contributed by atoms with van der Waals surface area (Å²) in [6.45, 7) is 3.62. The number of nitrogens with one attached hydrogen (secondary N) is 3. The molecular formula is C19H22FN3O4S. The average molecular weight is 407 g/mol. The van der Waals surface area contributed by atoms with Crippen LogP contribution < -0.4 is 15.6 Å². The van der Waals surface area contributed by atoms with Crippen molar-refractivity contribution in [1.29, 1.82) is 0 Å². The maximum absolute atomic E-state index is 12.8. The number of hydrogen-bond donors (Lipinski definition) is 3. The van der Waals surface area contributed by atoms with Gasteiger partial charge in [0.2, 0.25) is 15.9 Å². The number of halogens is 1. The van der Waals surface area contributed by atoms with Gasteiger partial charge in [-0.1, -0.05) is 19.1 Å². The zero-order chi connectivity index (χ0) is 20.7. The van der Waals surface area contributed by atoms with Crippen LogP contribution in [0.3, 0.4) is 0 Å². The molecule has 0 aliphatic heterocycles. The normalized spacial score (nSPS) is 12.2. The van der Waals surface area contributed by atoms with Gasteiger partial charge >= 0.3 is 0 Å². The van der Waals surface area contributed by atoms with Crippen LogP contribution in [0.15, 0.2) is 53.4 Å². The molecule has 7 nitrogen and oxygen atoms in total. The molecule has 0 heterocycles. The molecule has 2 aromatic rings. The van der Waals surface area contributed by atoms with E-state index in [0.29, 0.717) is 12.0 Å². The van der Waals surface area contributed by atoms with E-state index in [1.54, 1.807) is 6.92 Å². The van der Waals surface area contributed by atoms with Gasteiger partial charge in [0.1, 0.15) is 5.82 Å². The molecule has 0 bridgehead atoms. The van der Waals surface area contributed by atoms with Crippen molar-refractivity contribution in [2.75, 3.05) is 0 Å². The Bertz CT molecular complexity index is 929. The van der Waals surface area contributed by atoms with Crippen molar-refractivity contribution in [3.05, 3.63) is 65.5 Å². The fraction of sp³-hybridized carbons (Fsp3) is 0.263. The van der Waals surface area contributed by atoms with Crippen molar-refractivity contribution in [3.8, 4) is 0 Å². The van der Waals surface area contributed by atoms with Gasteiger partial charge in [-0.3, -0.25) is 20.4 Å². The molecule has 2 amide bonds. The predicted molar refractivity (Wildman–Crippen MR) is 102 cm³/mol. The van der Waals surface area contributed by atoms with Gasteiger partial charge in [-0.15, -0.1) is 0 Å². The summed E-state index contributed by atoms with van der Waals surface area (Å²) in [6, 6.07) is 10.6. The second-order valence-electron chi connectivity index (χ2n) is 6.26. The Morgan fingerprint density at radius 3 is 2.18 bits per heavy atom. The summed E-state index contributed by atoms with van der Waals surface area (Å²) in [6.07, 6.45) is 0.621. The summed E-state index contributed by atoms with van der Waals surface area (Å²) in [5.74, 6) is -1.47. The number of sulfonamides is 1. The van der Waals surface area contributed by atoms with Crippen LogP contribution in [0, 0.1) is 5.82 Å². The number of hydrogen-bond acceptors (Lipinski definition) is 4. The zero-order valence-corrected chi connectivity index (χ0v) is 16.3. The second kappa shape index (κ2) is 9.43. The van der Waals surface area contributed by atoms with Crippen molar-refractivity contribution in [2.24, 2.45) is 0 Å². The van der Waals surface area contributed by atoms with Crippen LogP contribution >= 0.6 is 0 Å². The molecule has 0 fully saturated rings. The highest BCUT2D eigenvalue weighted by molar-refractivity contribution is 7.89. The van der Waals surface area contributed by atoms with Gasteiger partial charge in [0.15, 0.2) is 0 Å². The Labute approximate surface area is 163 Å². The maximum Gasteiger partial charge on any atom is 0.269 e. The molecule has 0 aromatic heterocycles. The van der Waals surface area contributed by atoms with E-state index in [9.17, 15) is 22.4 Å². The lowest BCUT2D eigenvalue weighted by Gasteiger charge is -2.12. The molecule has 1 unspecified atom stereocenters. The van der Waals surface area contributed by atoms with E-state index in [0.717, 1.165) is 0 Å². The summed E-state index contributed by atoms with van der Waals surface area (Å²) in [4.78, 5) is 24.0. The summed E-state index contributed by atoms with van der Waals surface area (Å²) in [5.41, 5.74) is 5.29. The minimum absolute atomic E-state index is 0.0287.